The van der Waals surface area contributed by atoms with Crippen molar-refractivity contribution in [2.75, 3.05) is 13.7 Å². The summed E-state index contributed by atoms with van der Waals surface area (Å²) in [4.78, 5) is 7.26. The Bertz CT molecular complexity index is 801. The van der Waals surface area contributed by atoms with Gasteiger partial charge >= 0.3 is 0 Å². The van der Waals surface area contributed by atoms with Crippen molar-refractivity contribution in [2.45, 2.75) is 30.8 Å². The summed E-state index contributed by atoms with van der Waals surface area (Å²) in [5.41, 5.74) is 2.97. The highest BCUT2D eigenvalue weighted by atomic mass is 16.5. The number of fused-ring (bicyclic) bond motifs is 1. The molecule has 0 radical (unpaired) electrons. The van der Waals surface area contributed by atoms with Crippen LogP contribution < -0.4 is 4.74 Å². The molecule has 3 nitrogen and oxygen atoms in total. The van der Waals surface area contributed by atoms with Gasteiger partial charge in [-0.25, -0.2) is 0 Å². The molecule has 1 spiro atoms. The maximum atomic E-state index is 5.39. The summed E-state index contributed by atoms with van der Waals surface area (Å²) in [6, 6.07) is 9.03. The molecule has 118 valence electrons. The third-order valence-electron chi connectivity index (χ3n) is 6.51. The van der Waals surface area contributed by atoms with Crippen LogP contribution in [0.3, 0.4) is 0 Å². The second-order valence-corrected chi connectivity index (χ2v) is 7.26. The molecule has 3 fully saturated rings. The van der Waals surface area contributed by atoms with E-state index in [1.807, 2.05) is 12.3 Å². The van der Waals surface area contributed by atoms with Crippen LogP contribution in [0.1, 0.15) is 18.4 Å². The first-order valence-corrected chi connectivity index (χ1v) is 8.59. The van der Waals surface area contributed by atoms with Crippen molar-refractivity contribution < 1.29 is 4.74 Å². The fraction of sp³-hybridized carbons (Fsp3) is 0.450. The molecule has 1 aromatic heterocycles. The van der Waals surface area contributed by atoms with Crippen molar-refractivity contribution in [3.05, 3.63) is 48.7 Å². The molecular formula is C20H22N2O. The van der Waals surface area contributed by atoms with E-state index >= 15 is 0 Å². The number of pyridine rings is 1. The molecule has 4 unspecified atom stereocenters. The molecule has 0 bridgehead atoms. The summed E-state index contributed by atoms with van der Waals surface area (Å²) < 4.78 is 5.39. The normalized spacial score (nSPS) is 34.6. The molecule has 1 saturated carbocycles. The topological polar surface area (TPSA) is 25.4 Å². The van der Waals surface area contributed by atoms with Crippen LogP contribution in [0.15, 0.2) is 43.1 Å². The third-order valence-corrected chi connectivity index (χ3v) is 6.51. The van der Waals surface area contributed by atoms with Gasteiger partial charge in [0.15, 0.2) is 0 Å². The summed E-state index contributed by atoms with van der Waals surface area (Å²) in [5, 5.41) is 1.24. The number of methoxy groups -OCH3 is 1. The Hall–Kier alpha value is -1.87. The van der Waals surface area contributed by atoms with Crippen molar-refractivity contribution in [3.63, 3.8) is 0 Å². The maximum Gasteiger partial charge on any atom is 0.119 e. The molecule has 5 rings (SSSR count). The molecule has 2 saturated heterocycles. The summed E-state index contributed by atoms with van der Waals surface area (Å²) in [5.74, 6) is 2.55. The fourth-order valence-electron chi connectivity index (χ4n) is 5.45. The van der Waals surface area contributed by atoms with E-state index in [1.54, 1.807) is 7.11 Å². The zero-order valence-electron chi connectivity index (χ0n) is 13.5. The number of benzene rings is 1. The summed E-state index contributed by atoms with van der Waals surface area (Å²) >= 11 is 0. The first kappa shape index (κ1) is 13.6. The smallest absolute Gasteiger partial charge is 0.119 e. The van der Waals surface area contributed by atoms with E-state index in [4.69, 9.17) is 4.74 Å². The van der Waals surface area contributed by atoms with E-state index in [0.29, 0.717) is 11.6 Å². The first-order valence-electron chi connectivity index (χ1n) is 8.59. The lowest BCUT2D eigenvalue weighted by atomic mass is 9.84. The number of nitrogens with zero attached hydrogens (tertiary/aromatic N) is 2. The second-order valence-electron chi connectivity index (χ2n) is 7.26. The number of hydrogen-bond donors (Lipinski definition) is 0. The van der Waals surface area contributed by atoms with Gasteiger partial charge in [0.2, 0.25) is 0 Å². The Labute approximate surface area is 137 Å². The van der Waals surface area contributed by atoms with Gasteiger partial charge in [-0.2, -0.15) is 0 Å². The number of aromatic nitrogens is 1. The van der Waals surface area contributed by atoms with E-state index in [1.165, 1.54) is 30.3 Å². The van der Waals surface area contributed by atoms with Gasteiger partial charge in [0.05, 0.1) is 12.6 Å². The number of rotatable bonds is 4. The fourth-order valence-corrected chi connectivity index (χ4v) is 5.45. The van der Waals surface area contributed by atoms with Gasteiger partial charge in [0, 0.05) is 23.2 Å². The predicted molar refractivity (Wildman–Crippen MR) is 91.6 cm³/mol. The largest absolute Gasteiger partial charge is 0.497 e. The van der Waals surface area contributed by atoms with Gasteiger partial charge in [0.25, 0.3) is 0 Å². The lowest BCUT2D eigenvalue weighted by Crippen LogP contribution is -2.58. The zero-order valence-corrected chi connectivity index (χ0v) is 13.5. The van der Waals surface area contributed by atoms with Gasteiger partial charge in [-0.05, 0) is 67.5 Å². The third kappa shape index (κ3) is 1.66. The van der Waals surface area contributed by atoms with Crippen LogP contribution in [0.5, 0.6) is 5.75 Å². The lowest BCUT2D eigenvalue weighted by molar-refractivity contribution is 0.00992. The number of piperidine rings is 1. The molecule has 4 atom stereocenters. The van der Waals surface area contributed by atoms with Crippen molar-refractivity contribution in [3.8, 4) is 5.75 Å². The SMILES string of the molecule is C=CC1C2CCN3C(Cc4ccnc5ccc(OC)cc45)CC123. The molecule has 3 heterocycles. The molecule has 2 aromatic rings. The summed E-state index contributed by atoms with van der Waals surface area (Å²) in [6.07, 6.45) is 7.94. The Morgan fingerprint density at radius 2 is 2.35 bits per heavy atom. The van der Waals surface area contributed by atoms with Crippen LogP contribution in [0.2, 0.25) is 0 Å². The highest BCUT2D eigenvalue weighted by Crippen LogP contribution is 2.70. The molecule has 0 amide bonds. The Balaban J connectivity index is 1.44. The molecule has 1 aliphatic carbocycles. The van der Waals surface area contributed by atoms with Crippen LogP contribution in [0.25, 0.3) is 10.9 Å². The highest BCUT2D eigenvalue weighted by molar-refractivity contribution is 5.83. The second kappa shape index (κ2) is 4.57. The monoisotopic (exact) mass is 306 g/mol. The maximum absolute atomic E-state index is 5.39. The number of ether oxygens (including phenoxy) is 1. The minimum Gasteiger partial charge on any atom is -0.497 e. The van der Waals surface area contributed by atoms with Crippen LogP contribution in [0.4, 0.5) is 0 Å². The van der Waals surface area contributed by atoms with Crippen molar-refractivity contribution >= 4 is 10.9 Å². The molecule has 0 N–H and O–H groups in total. The summed E-state index contributed by atoms with van der Waals surface area (Å²) in [6.45, 7) is 5.31. The lowest BCUT2D eigenvalue weighted by Gasteiger charge is -2.49. The molecule has 1 aromatic carbocycles. The predicted octanol–water partition coefficient (Wildman–Crippen LogP) is 3.43. The quantitative estimate of drug-likeness (QED) is 0.809. The van der Waals surface area contributed by atoms with Gasteiger partial charge in [-0.1, -0.05) is 6.08 Å². The molecule has 3 heteroatoms. The Kier molecular flexibility index (Phi) is 2.70. The molecular weight excluding hydrogens is 284 g/mol. The number of hydrogen-bond acceptors (Lipinski definition) is 3. The average Bonchev–Trinajstić information content (AvgIpc) is 3.13. The molecule has 23 heavy (non-hydrogen) atoms. The van der Waals surface area contributed by atoms with E-state index in [2.05, 4.69) is 40.7 Å². The first-order chi connectivity index (χ1) is 11.3. The summed E-state index contributed by atoms with van der Waals surface area (Å²) in [7, 11) is 1.72. The van der Waals surface area contributed by atoms with E-state index in [0.717, 1.165) is 29.5 Å². The molecule has 3 aliphatic rings. The van der Waals surface area contributed by atoms with Crippen LogP contribution in [-0.4, -0.2) is 35.1 Å². The van der Waals surface area contributed by atoms with Crippen LogP contribution in [0, 0.1) is 11.8 Å². The van der Waals surface area contributed by atoms with Gasteiger partial charge < -0.3 is 4.74 Å². The highest BCUT2D eigenvalue weighted by Gasteiger charge is 2.75. The van der Waals surface area contributed by atoms with Crippen LogP contribution >= 0.6 is 0 Å². The van der Waals surface area contributed by atoms with Crippen molar-refractivity contribution in [2.24, 2.45) is 11.8 Å². The van der Waals surface area contributed by atoms with E-state index in [-0.39, 0.29) is 0 Å². The minimum atomic E-state index is 0.507. The Morgan fingerprint density at radius 3 is 3.13 bits per heavy atom. The van der Waals surface area contributed by atoms with Crippen molar-refractivity contribution in [1.29, 1.82) is 0 Å². The van der Waals surface area contributed by atoms with E-state index in [9.17, 15) is 0 Å². The zero-order chi connectivity index (χ0) is 15.6. The van der Waals surface area contributed by atoms with Gasteiger partial charge in [-0.15, -0.1) is 6.58 Å². The van der Waals surface area contributed by atoms with Crippen molar-refractivity contribution in [1.82, 2.24) is 9.88 Å². The minimum absolute atomic E-state index is 0.507. The average molecular weight is 306 g/mol. The van der Waals surface area contributed by atoms with Gasteiger partial charge in [0.1, 0.15) is 5.75 Å². The van der Waals surface area contributed by atoms with Crippen LogP contribution in [-0.2, 0) is 6.42 Å². The molecule has 2 aliphatic heterocycles. The Morgan fingerprint density at radius 1 is 1.43 bits per heavy atom. The standard InChI is InChI=1S/C20H22N2O/c1-3-17-18-7-9-22-14(12-20(17,18)22)10-13-6-8-21-19-5-4-15(23-2)11-16(13)19/h3-6,8,11,14,17-18H,1,7,9-10,12H2,2H3. The van der Waals surface area contributed by atoms with E-state index < -0.39 is 0 Å². The van der Waals surface area contributed by atoms with Gasteiger partial charge in [-0.3, -0.25) is 9.88 Å².